The standard InChI is InChI=1S/C22H23Cl2FN2O2.C11H16N2O/c23-13-7-8-14(17(11-13)27-29)20-19(15-5-4-6-16(24)21(15)25)18(12-28)26-22(20)9-2-1-3-10-22;1-8(2)13-11(14)9-4-6-10(12-3)7-5-9/h4-8,11-12,18-20,26-27,29H,1-3,9-10H2;4-8,12H,1-3H3,(H,13,14)/t18?,19-,20?;/m0./s1. The second-order valence-electron chi connectivity index (χ2n) is 11.5. The zero-order valence-corrected chi connectivity index (χ0v) is 26.1. The van der Waals surface area contributed by atoms with E-state index in [4.69, 9.17) is 23.2 Å². The maximum absolute atomic E-state index is 15.1. The average Bonchev–Trinajstić information content (AvgIpc) is 3.31. The molecule has 43 heavy (non-hydrogen) atoms. The summed E-state index contributed by atoms with van der Waals surface area (Å²) >= 11 is 12.2. The normalized spacial score (nSPS) is 20.7. The minimum atomic E-state index is -0.562. The Morgan fingerprint density at radius 2 is 1.74 bits per heavy atom. The van der Waals surface area contributed by atoms with Gasteiger partial charge in [0, 0.05) is 46.7 Å². The molecule has 1 aliphatic heterocycles. The maximum Gasteiger partial charge on any atom is 0.251 e. The molecule has 3 aromatic rings. The Hall–Kier alpha value is -3.17. The molecular formula is C33H39Cl2FN4O3. The predicted molar refractivity (Wildman–Crippen MR) is 171 cm³/mol. The number of carbonyl (C=O) groups is 2. The first-order valence-corrected chi connectivity index (χ1v) is 15.3. The Balaban J connectivity index is 0.000000255. The summed E-state index contributed by atoms with van der Waals surface area (Å²) in [6.45, 7) is 3.89. The van der Waals surface area contributed by atoms with Gasteiger partial charge in [-0.25, -0.2) is 4.39 Å². The molecule has 10 heteroatoms. The minimum absolute atomic E-state index is 0.0253. The zero-order chi connectivity index (χ0) is 31.1. The molecule has 0 radical (unpaired) electrons. The monoisotopic (exact) mass is 628 g/mol. The number of rotatable bonds is 7. The minimum Gasteiger partial charge on any atom is -0.388 e. The van der Waals surface area contributed by atoms with E-state index >= 15 is 4.39 Å². The highest BCUT2D eigenvalue weighted by atomic mass is 35.5. The number of hydrogen-bond acceptors (Lipinski definition) is 6. The van der Waals surface area contributed by atoms with Gasteiger partial charge in [0.15, 0.2) is 0 Å². The summed E-state index contributed by atoms with van der Waals surface area (Å²) in [5.41, 5.74) is 5.25. The maximum atomic E-state index is 15.1. The first-order valence-electron chi connectivity index (χ1n) is 14.6. The van der Waals surface area contributed by atoms with Gasteiger partial charge in [0.05, 0.1) is 16.8 Å². The summed E-state index contributed by atoms with van der Waals surface area (Å²) in [6.07, 6.45) is 5.78. The van der Waals surface area contributed by atoms with Crippen molar-refractivity contribution >= 4 is 46.8 Å². The molecule has 2 aliphatic rings. The van der Waals surface area contributed by atoms with Crippen molar-refractivity contribution in [3.8, 4) is 0 Å². The summed E-state index contributed by atoms with van der Waals surface area (Å²) in [4.78, 5) is 23.6. The number of anilines is 2. The van der Waals surface area contributed by atoms with Crippen molar-refractivity contribution in [2.75, 3.05) is 17.8 Å². The van der Waals surface area contributed by atoms with Crippen molar-refractivity contribution < 1.29 is 19.2 Å². The van der Waals surface area contributed by atoms with E-state index in [0.717, 1.165) is 49.6 Å². The van der Waals surface area contributed by atoms with Crippen LogP contribution in [0.1, 0.15) is 79.3 Å². The fourth-order valence-corrected chi connectivity index (χ4v) is 6.85. The molecule has 5 rings (SSSR count). The van der Waals surface area contributed by atoms with Gasteiger partial charge in [-0.15, -0.1) is 0 Å². The third kappa shape index (κ3) is 7.32. The largest absolute Gasteiger partial charge is 0.388 e. The summed E-state index contributed by atoms with van der Waals surface area (Å²) in [5, 5.41) is 19.7. The van der Waals surface area contributed by atoms with E-state index in [1.807, 2.05) is 51.2 Å². The van der Waals surface area contributed by atoms with Crippen molar-refractivity contribution in [3.05, 3.63) is 93.2 Å². The number of hydrogen-bond donors (Lipinski definition) is 5. The van der Waals surface area contributed by atoms with E-state index in [1.165, 1.54) is 6.07 Å². The van der Waals surface area contributed by atoms with Gasteiger partial charge >= 0.3 is 0 Å². The lowest BCUT2D eigenvalue weighted by Gasteiger charge is -2.41. The van der Waals surface area contributed by atoms with Crippen LogP contribution in [-0.2, 0) is 4.79 Å². The molecule has 2 fully saturated rings. The van der Waals surface area contributed by atoms with Gasteiger partial charge in [0.1, 0.15) is 12.1 Å². The second-order valence-corrected chi connectivity index (χ2v) is 12.3. The second kappa shape index (κ2) is 14.5. The number of benzene rings is 3. The highest BCUT2D eigenvalue weighted by molar-refractivity contribution is 6.31. The Morgan fingerprint density at radius 3 is 2.35 bits per heavy atom. The molecule has 1 aliphatic carbocycles. The first-order chi connectivity index (χ1) is 20.6. The summed E-state index contributed by atoms with van der Waals surface area (Å²) in [6, 6.07) is 17.2. The van der Waals surface area contributed by atoms with Crippen LogP contribution in [-0.4, -0.2) is 42.1 Å². The molecule has 5 N–H and O–H groups in total. The van der Waals surface area contributed by atoms with Crippen LogP contribution in [0.3, 0.4) is 0 Å². The van der Waals surface area contributed by atoms with Gasteiger partial charge in [-0.2, -0.15) is 0 Å². The molecule has 230 valence electrons. The zero-order valence-electron chi connectivity index (χ0n) is 24.6. The van der Waals surface area contributed by atoms with Crippen LogP contribution in [0, 0.1) is 5.82 Å². The van der Waals surface area contributed by atoms with Crippen LogP contribution in [0.2, 0.25) is 10.0 Å². The number of amides is 1. The Bertz CT molecular complexity index is 1410. The molecule has 1 saturated heterocycles. The van der Waals surface area contributed by atoms with Crippen LogP contribution in [0.5, 0.6) is 0 Å². The van der Waals surface area contributed by atoms with E-state index in [1.54, 1.807) is 24.3 Å². The highest BCUT2D eigenvalue weighted by Gasteiger charge is 2.55. The lowest BCUT2D eigenvalue weighted by molar-refractivity contribution is -0.109. The molecule has 1 spiro atoms. The fourth-order valence-electron chi connectivity index (χ4n) is 6.49. The van der Waals surface area contributed by atoms with Crippen molar-refractivity contribution in [1.82, 2.24) is 10.6 Å². The lowest BCUT2D eigenvalue weighted by atomic mass is 9.66. The van der Waals surface area contributed by atoms with Crippen LogP contribution in [0.15, 0.2) is 60.7 Å². The molecule has 3 atom stereocenters. The van der Waals surface area contributed by atoms with E-state index in [-0.39, 0.29) is 28.4 Å². The number of aldehydes is 1. The molecule has 1 saturated carbocycles. The number of nitrogens with one attached hydrogen (secondary N) is 4. The Morgan fingerprint density at radius 1 is 1.05 bits per heavy atom. The quantitative estimate of drug-likeness (QED) is 0.137. The predicted octanol–water partition coefficient (Wildman–Crippen LogP) is 7.54. The molecule has 1 amide bonds. The van der Waals surface area contributed by atoms with E-state index in [0.29, 0.717) is 21.8 Å². The molecule has 7 nitrogen and oxygen atoms in total. The van der Waals surface area contributed by atoms with Gasteiger partial charge in [0.2, 0.25) is 0 Å². The smallest absolute Gasteiger partial charge is 0.251 e. The summed E-state index contributed by atoms with van der Waals surface area (Å²) in [7, 11) is 1.85. The molecule has 3 aromatic carbocycles. The SMILES string of the molecule is CNc1ccc(C(=O)NC(C)C)cc1.O=CC1NC2(CCCCC2)C(c2ccc(Cl)cc2NO)[C@H]1c1cccc(Cl)c1F. The third-order valence-corrected chi connectivity index (χ3v) is 8.88. The Labute approximate surface area is 262 Å². The van der Waals surface area contributed by atoms with Gasteiger partial charge in [0.25, 0.3) is 5.91 Å². The highest BCUT2D eigenvalue weighted by Crippen LogP contribution is 2.55. The van der Waals surface area contributed by atoms with E-state index in [9.17, 15) is 14.8 Å². The van der Waals surface area contributed by atoms with Crippen LogP contribution in [0.25, 0.3) is 0 Å². The first kappa shape index (κ1) is 32.7. The molecule has 0 aromatic heterocycles. The van der Waals surface area contributed by atoms with Crippen molar-refractivity contribution in [1.29, 1.82) is 0 Å². The molecule has 0 bridgehead atoms. The molecule has 2 unspecified atom stereocenters. The van der Waals surface area contributed by atoms with Gasteiger partial charge in [-0.3, -0.25) is 15.5 Å². The lowest BCUT2D eigenvalue weighted by Crippen LogP contribution is -2.48. The molecule has 1 heterocycles. The van der Waals surface area contributed by atoms with Gasteiger partial charge < -0.3 is 20.7 Å². The number of halogens is 3. The van der Waals surface area contributed by atoms with Crippen LogP contribution < -0.4 is 21.4 Å². The summed E-state index contributed by atoms with van der Waals surface area (Å²) in [5.74, 6) is -1.23. The topological polar surface area (TPSA) is 102 Å². The van der Waals surface area contributed by atoms with E-state index in [2.05, 4.69) is 21.4 Å². The van der Waals surface area contributed by atoms with Crippen molar-refractivity contribution in [3.63, 3.8) is 0 Å². The Kier molecular flexibility index (Phi) is 11.1. The van der Waals surface area contributed by atoms with E-state index < -0.39 is 17.8 Å². The van der Waals surface area contributed by atoms with Crippen LogP contribution >= 0.6 is 23.2 Å². The average molecular weight is 630 g/mol. The number of carbonyl (C=O) groups excluding carboxylic acids is 2. The van der Waals surface area contributed by atoms with Gasteiger partial charge in [-0.1, -0.05) is 60.7 Å². The van der Waals surface area contributed by atoms with Crippen LogP contribution in [0.4, 0.5) is 15.8 Å². The summed E-state index contributed by atoms with van der Waals surface area (Å²) < 4.78 is 15.1. The van der Waals surface area contributed by atoms with Gasteiger partial charge in [-0.05, 0) is 80.3 Å². The third-order valence-electron chi connectivity index (χ3n) is 8.35. The molecular weight excluding hydrogens is 590 g/mol. The fraction of sp³-hybridized carbons (Fsp3) is 0.394. The van der Waals surface area contributed by atoms with Crippen molar-refractivity contribution in [2.45, 2.75) is 75.4 Å². The van der Waals surface area contributed by atoms with Crippen molar-refractivity contribution in [2.24, 2.45) is 0 Å².